The smallest absolute Gasteiger partial charge is 0.236 e. The highest BCUT2D eigenvalue weighted by atomic mass is 35.5. The Morgan fingerprint density at radius 1 is 1.41 bits per heavy atom. The van der Waals surface area contributed by atoms with E-state index < -0.39 is 17.7 Å². The molecule has 0 aliphatic heterocycles. The van der Waals surface area contributed by atoms with Gasteiger partial charge >= 0.3 is 0 Å². The molecule has 0 fully saturated rings. The summed E-state index contributed by atoms with van der Waals surface area (Å²) in [6.45, 7) is 1.85. The summed E-state index contributed by atoms with van der Waals surface area (Å²) in [7, 11) is 1.53. The molecular weight excluding hydrogens is 250 g/mol. The van der Waals surface area contributed by atoms with E-state index in [0.717, 1.165) is 6.07 Å². The number of likely N-dealkylation sites (N-methyl/N-ethyl adjacent to an activating group) is 1. The van der Waals surface area contributed by atoms with Crippen LogP contribution in [0.2, 0.25) is 0 Å². The number of hydrogen-bond acceptors (Lipinski definition) is 2. The molecule has 17 heavy (non-hydrogen) atoms. The topological polar surface area (TPSA) is 41.1 Å². The third-order valence-electron chi connectivity index (χ3n) is 2.25. The maximum Gasteiger partial charge on any atom is 0.236 e. The van der Waals surface area contributed by atoms with Crippen LogP contribution in [0, 0.1) is 11.6 Å². The van der Waals surface area contributed by atoms with Crippen molar-refractivity contribution in [2.45, 2.75) is 19.5 Å². The number of rotatable bonds is 4. The number of benzene rings is 1. The normalized spacial score (nSPS) is 11.5. The summed E-state index contributed by atoms with van der Waals surface area (Å²) < 4.78 is 25.8. The first-order valence-electron chi connectivity index (χ1n) is 4.93. The molecule has 0 heterocycles. The average molecular weight is 265 g/mol. The summed E-state index contributed by atoms with van der Waals surface area (Å²) >= 11 is 0. The molecule has 0 aliphatic rings. The van der Waals surface area contributed by atoms with E-state index in [0.29, 0.717) is 5.56 Å². The average Bonchev–Trinajstić information content (AvgIpc) is 2.26. The lowest BCUT2D eigenvalue weighted by Crippen LogP contribution is -2.40. The first kappa shape index (κ1) is 15.8. The SMILES string of the molecule is CNC(=O)[C@@H](C)NCc1ccc(F)cc1F.Cl. The van der Waals surface area contributed by atoms with Crippen LogP contribution in [0.15, 0.2) is 18.2 Å². The zero-order chi connectivity index (χ0) is 12.1. The van der Waals surface area contributed by atoms with Crippen LogP contribution in [0.1, 0.15) is 12.5 Å². The van der Waals surface area contributed by atoms with Crippen LogP contribution >= 0.6 is 12.4 Å². The predicted molar refractivity (Wildman–Crippen MR) is 64.0 cm³/mol. The number of carbonyl (C=O) groups is 1. The van der Waals surface area contributed by atoms with Gasteiger partial charge in [0, 0.05) is 25.2 Å². The van der Waals surface area contributed by atoms with Crippen molar-refractivity contribution >= 4 is 18.3 Å². The highest BCUT2D eigenvalue weighted by molar-refractivity contribution is 5.85. The molecule has 0 radical (unpaired) electrons. The fourth-order valence-electron chi connectivity index (χ4n) is 1.24. The molecule has 0 bridgehead atoms. The number of carbonyl (C=O) groups excluding carboxylic acids is 1. The maximum atomic E-state index is 13.2. The van der Waals surface area contributed by atoms with Gasteiger partial charge in [0.15, 0.2) is 0 Å². The zero-order valence-electron chi connectivity index (χ0n) is 9.59. The molecule has 1 aromatic carbocycles. The minimum Gasteiger partial charge on any atom is -0.358 e. The van der Waals surface area contributed by atoms with Crippen LogP contribution < -0.4 is 10.6 Å². The van der Waals surface area contributed by atoms with Crippen molar-refractivity contribution in [3.63, 3.8) is 0 Å². The highest BCUT2D eigenvalue weighted by Crippen LogP contribution is 2.09. The van der Waals surface area contributed by atoms with Crippen LogP contribution in [0.3, 0.4) is 0 Å². The van der Waals surface area contributed by atoms with Crippen molar-refractivity contribution in [2.75, 3.05) is 7.05 Å². The van der Waals surface area contributed by atoms with Crippen LogP contribution in [0.4, 0.5) is 8.78 Å². The van der Waals surface area contributed by atoms with E-state index in [1.807, 2.05) is 0 Å². The molecule has 0 saturated heterocycles. The molecule has 1 aromatic rings. The maximum absolute atomic E-state index is 13.2. The summed E-state index contributed by atoms with van der Waals surface area (Å²) in [5.74, 6) is -1.40. The van der Waals surface area contributed by atoms with Gasteiger partial charge in [-0.1, -0.05) is 6.07 Å². The summed E-state index contributed by atoms with van der Waals surface area (Å²) in [4.78, 5) is 11.1. The molecule has 0 unspecified atom stereocenters. The molecule has 96 valence electrons. The summed E-state index contributed by atoms with van der Waals surface area (Å²) in [6, 6.07) is 2.94. The quantitative estimate of drug-likeness (QED) is 0.868. The van der Waals surface area contributed by atoms with Gasteiger partial charge in [-0.3, -0.25) is 4.79 Å². The second kappa shape index (κ2) is 7.19. The van der Waals surface area contributed by atoms with Crippen LogP contribution in [0.25, 0.3) is 0 Å². The van der Waals surface area contributed by atoms with Crippen molar-refractivity contribution in [1.82, 2.24) is 10.6 Å². The standard InChI is InChI=1S/C11H14F2N2O.ClH/c1-7(11(16)14-2)15-6-8-3-4-9(12)5-10(8)13;/h3-5,7,15H,6H2,1-2H3,(H,14,16);1H/t7-;/m1./s1. The Morgan fingerprint density at radius 2 is 2.06 bits per heavy atom. The molecule has 0 saturated carbocycles. The van der Waals surface area contributed by atoms with E-state index in [9.17, 15) is 13.6 Å². The number of hydrogen-bond donors (Lipinski definition) is 2. The van der Waals surface area contributed by atoms with Gasteiger partial charge in [0.2, 0.25) is 5.91 Å². The van der Waals surface area contributed by atoms with Gasteiger partial charge in [-0.25, -0.2) is 8.78 Å². The number of halogens is 3. The van der Waals surface area contributed by atoms with E-state index in [-0.39, 0.29) is 24.9 Å². The van der Waals surface area contributed by atoms with Gasteiger partial charge in [-0.05, 0) is 13.0 Å². The molecule has 6 heteroatoms. The van der Waals surface area contributed by atoms with Gasteiger partial charge in [0.05, 0.1) is 6.04 Å². The number of nitrogens with one attached hydrogen (secondary N) is 2. The minimum atomic E-state index is -0.614. The molecular formula is C11H15ClF2N2O. The molecule has 0 aromatic heterocycles. The Bertz CT molecular complexity index is 388. The van der Waals surface area contributed by atoms with Crippen molar-refractivity contribution in [1.29, 1.82) is 0 Å². The van der Waals surface area contributed by atoms with Gasteiger partial charge in [-0.2, -0.15) is 0 Å². The molecule has 1 amide bonds. The van der Waals surface area contributed by atoms with Gasteiger partial charge < -0.3 is 10.6 Å². The molecule has 0 aliphatic carbocycles. The summed E-state index contributed by atoms with van der Waals surface area (Å²) in [5, 5.41) is 5.30. The Balaban J connectivity index is 0.00000256. The molecule has 1 atom stereocenters. The predicted octanol–water partition coefficient (Wildman–Crippen LogP) is 1.61. The van der Waals surface area contributed by atoms with Gasteiger partial charge in [-0.15, -0.1) is 12.4 Å². The van der Waals surface area contributed by atoms with E-state index >= 15 is 0 Å². The molecule has 3 nitrogen and oxygen atoms in total. The molecule has 2 N–H and O–H groups in total. The van der Waals surface area contributed by atoms with Crippen LogP contribution in [-0.2, 0) is 11.3 Å². The van der Waals surface area contributed by atoms with E-state index in [1.165, 1.54) is 19.2 Å². The Labute approximate surface area is 105 Å². The van der Waals surface area contributed by atoms with E-state index in [4.69, 9.17) is 0 Å². The van der Waals surface area contributed by atoms with E-state index in [1.54, 1.807) is 6.92 Å². The number of amides is 1. The summed E-state index contributed by atoms with van der Waals surface area (Å²) in [6.07, 6.45) is 0. The largest absolute Gasteiger partial charge is 0.358 e. The van der Waals surface area contributed by atoms with Gasteiger partial charge in [0.25, 0.3) is 0 Å². The zero-order valence-corrected chi connectivity index (χ0v) is 10.4. The molecule has 0 spiro atoms. The van der Waals surface area contributed by atoms with Crippen molar-refractivity contribution < 1.29 is 13.6 Å². The van der Waals surface area contributed by atoms with E-state index in [2.05, 4.69) is 10.6 Å². The monoisotopic (exact) mass is 264 g/mol. The van der Waals surface area contributed by atoms with Gasteiger partial charge in [0.1, 0.15) is 11.6 Å². The van der Waals surface area contributed by atoms with Crippen molar-refractivity contribution in [3.05, 3.63) is 35.4 Å². The third kappa shape index (κ3) is 4.66. The lowest BCUT2D eigenvalue weighted by molar-refractivity contribution is -0.122. The fraction of sp³-hybridized carbons (Fsp3) is 0.364. The minimum absolute atomic E-state index is 0. The summed E-state index contributed by atoms with van der Waals surface area (Å²) in [5.41, 5.74) is 0.331. The Hall–Kier alpha value is -1.20. The highest BCUT2D eigenvalue weighted by Gasteiger charge is 2.11. The van der Waals surface area contributed by atoms with Crippen LogP contribution in [-0.4, -0.2) is 19.0 Å². The second-order valence-corrected chi connectivity index (χ2v) is 3.45. The fourth-order valence-corrected chi connectivity index (χ4v) is 1.24. The molecule has 1 rings (SSSR count). The van der Waals surface area contributed by atoms with Crippen molar-refractivity contribution in [3.8, 4) is 0 Å². The Kier molecular flexibility index (Phi) is 6.68. The lowest BCUT2D eigenvalue weighted by atomic mass is 10.2. The Morgan fingerprint density at radius 3 is 2.59 bits per heavy atom. The van der Waals surface area contributed by atoms with Crippen molar-refractivity contribution in [2.24, 2.45) is 0 Å². The third-order valence-corrected chi connectivity index (χ3v) is 2.25. The first-order valence-corrected chi connectivity index (χ1v) is 4.93. The lowest BCUT2D eigenvalue weighted by Gasteiger charge is -2.12. The van der Waals surface area contributed by atoms with Crippen LogP contribution in [0.5, 0.6) is 0 Å². The second-order valence-electron chi connectivity index (χ2n) is 3.45. The first-order chi connectivity index (χ1) is 7.54.